The van der Waals surface area contributed by atoms with Gasteiger partial charge in [0.05, 0.1) is 0 Å². The highest BCUT2D eigenvalue weighted by molar-refractivity contribution is 6.72. The van der Waals surface area contributed by atoms with Gasteiger partial charge in [-0.3, -0.25) is 4.79 Å². The Morgan fingerprint density at radius 1 is 1.53 bits per heavy atom. The molecule has 1 unspecified atom stereocenters. The lowest BCUT2D eigenvalue weighted by Gasteiger charge is -2.25. The third kappa shape index (κ3) is 6.23. The van der Waals surface area contributed by atoms with Crippen LogP contribution in [0.2, 0.25) is 19.6 Å². The summed E-state index contributed by atoms with van der Waals surface area (Å²) in [6, 6.07) is 0. The Bertz CT molecular complexity index is 246. The van der Waals surface area contributed by atoms with Crippen molar-refractivity contribution in [1.82, 2.24) is 0 Å². The van der Waals surface area contributed by atoms with Crippen LogP contribution in [0.3, 0.4) is 0 Å². The van der Waals surface area contributed by atoms with Crippen LogP contribution >= 0.6 is 23.2 Å². The SMILES string of the molecule is C=CC(C)CC(Cl)(Cl)C(=O)O[Si](C)(C)C. The van der Waals surface area contributed by atoms with Crippen LogP contribution in [-0.2, 0) is 9.22 Å². The van der Waals surface area contributed by atoms with Crippen molar-refractivity contribution >= 4 is 37.5 Å². The number of rotatable bonds is 5. The average Bonchev–Trinajstić information content (AvgIpc) is 2.00. The summed E-state index contributed by atoms with van der Waals surface area (Å²) in [6.45, 7) is 11.2. The van der Waals surface area contributed by atoms with Crippen molar-refractivity contribution in [1.29, 1.82) is 0 Å². The summed E-state index contributed by atoms with van der Waals surface area (Å²) in [5, 5.41) is 0. The summed E-state index contributed by atoms with van der Waals surface area (Å²) in [6.07, 6.45) is 2.03. The van der Waals surface area contributed by atoms with Crippen molar-refractivity contribution in [3.05, 3.63) is 12.7 Å². The molecule has 0 aromatic heterocycles. The Morgan fingerprint density at radius 3 is 2.33 bits per heavy atom. The van der Waals surface area contributed by atoms with Crippen molar-refractivity contribution in [2.45, 2.75) is 37.3 Å². The number of allylic oxidation sites excluding steroid dienone is 1. The van der Waals surface area contributed by atoms with E-state index in [0.717, 1.165) is 0 Å². The van der Waals surface area contributed by atoms with Gasteiger partial charge < -0.3 is 4.43 Å². The van der Waals surface area contributed by atoms with Crippen molar-refractivity contribution in [2.24, 2.45) is 5.92 Å². The molecule has 0 saturated heterocycles. The second-order valence-electron chi connectivity index (χ2n) is 4.62. The van der Waals surface area contributed by atoms with Gasteiger partial charge in [-0.25, -0.2) is 0 Å². The number of hydrogen-bond donors (Lipinski definition) is 0. The Balaban J connectivity index is 4.45. The number of hydrogen-bond acceptors (Lipinski definition) is 2. The maximum Gasteiger partial charge on any atom is 0.329 e. The standard InChI is InChI=1S/C10H18Cl2O2Si/c1-6-8(2)7-10(11,12)9(13)14-15(3,4)5/h6,8H,1,7H2,2-5H3. The molecule has 0 aromatic rings. The Kier molecular flexibility index (Phi) is 5.37. The van der Waals surface area contributed by atoms with Crippen LogP contribution in [0.4, 0.5) is 0 Å². The van der Waals surface area contributed by atoms with Gasteiger partial charge >= 0.3 is 5.97 Å². The zero-order valence-electron chi connectivity index (χ0n) is 9.64. The molecule has 0 rings (SSSR count). The molecule has 0 aliphatic carbocycles. The van der Waals surface area contributed by atoms with Crippen LogP contribution in [0, 0.1) is 5.92 Å². The van der Waals surface area contributed by atoms with Crippen molar-refractivity contribution in [3.8, 4) is 0 Å². The topological polar surface area (TPSA) is 26.3 Å². The highest BCUT2D eigenvalue weighted by Gasteiger charge is 2.38. The first-order valence-corrected chi connectivity index (χ1v) is 8.99. The molecule has 0 bridgehead atoms. The monoisotopic (exact) mass is 268 g/mol. The molecule has 0 radical (unpaired) electrons. The quantitative estimate of drug-likeness (QED) is 0.431. The zero-order valence-corrected chi connectivity index (χ0v) is 12.2. The van der Waals surface area contributed by atoms with Crippen molar-refractivity contribution < 1.29 is 9.22 Å². The maximum absolute atomic E-state index is 11.6. The van der Waals surface area contributed by atoms with E-state index in [4.69, 9.17) is 27.6 Å². The van der Waals surface area contributed by atoms with Gasteiger partial charge in [0.15, 0.2) is 0 Å². The van der Waals surface area contributed by atoms with Crippen molar-refractivity contribution in [2.75, 3.05) is 0 Å². The van der Waals surface area contributed by atoms with E-state index in [2.05, 4.69) is 6.58 Å². The third-order valence-electron chi connectivity index (χ3n) is 1.68. The second-order valence-corrected chi connectivity index (χ2v) is 10.5. The normalized spacial score (nSPS) is 14.5. The first-order valence-electron chi connectivity index (χ1n) is 4.82. The van der Waals surface area contributed by atoms with E-state index in [1.54, 1.807) is 6.08 Å². The average molecular weight is 269 g/mol. The van der Waals surface area contributed by atoms with Gasteiger partial charge in [-0.2, -0.15) is 0 Å². The fourth-order valence-electron chi connectivity index (χ4n) is 0.924. The molecule has 0 N–H and O–H groups in total. The maximum atomic E-state index is 11.6. The smallest absolute Gasteiger partial charge is 0.329 e. The van der Waals surface area contributed by atoms with Crippen LogP contribution in [0.15, 0.2) is 12.7 Å². The van der Waals surface area contributed by atoms with Gasteiger partial charge in [0.2, 0.25) is 12.7 Å². The molecule has 1 atom stereocenters. The first-order chi connectivity index (χ1) is 6.58. The van der Waals surface area contributed by atoms with Gasteiger partial charge in [-0.1, -0.05) is 36.2 Å². The zero-order chi connectivity index (χ0) is 12.3. The lowest BCUT2D eigenvalue weighted by molar-refractivity contribution is -0.136. The van der Waals surface area contributed by atoms with Crippen LogP contribution in [0.1, 0.15) is 13.3 Å². The molecule has 15 heavy (non-hydrogen) atoms. The predicted octanol–water partition coefficient (Wildman–Crippen LogP) is 3.75. The van der Waals surface area contributed by atoms with E-state index in [-0.39, 0.29) is 5.92 Å². The Hall–Kier alpha value is 0.00688. The molecule has 0 fully saturated rings. The summed E-state index contributed by atoms with van der Waals surface area (Å²) < 4.78 is 3.79. The minimum absolute atomic E-state index is 0.0779. The largest absolute Gasteiger partial charge is 0.518 e. The van der Waals surface area contributed by atoms with E-state index in [9.17, 15) is 4.79 Å². The molecule has 0 aromatic carbocycles. The van der Waals surface area contributed by atoms with Crippen LogP contribution in [0.5, 0.6) is 0 Å². The van der Waals surface area contributed by atoms with Crippen molar-refractivity contribution in [3.63, 3.8) is 0 Å². The number of carbonyl (C=O) groups is 1. The van der Waals surface area contributed by atoms with E-state index in [1.807, 2.05) is 26.6 Å². The summed E-state index contributed by atoms with van der Waals surface area (Å²) in [4.78, 5) is 11.6. The molecule has 0 spiro atoms. The molecule has 2 nitrogen and oxygen atoms in total. The molecule has 0 saturated carbocycles. The van der Waals surface area contributed by atoms with E-state index >= 15 is 0 Å². The third-order valence-corrected chi connectivity index (χ3v) is 3.09. The minimum atomic E-state index is -1.94. The Morgan fingerprint density at radius 2 is 2.00 bits per heavy atom. The van der Waals surface area contributed by atoms with Crippen LogP contribution in [0.25, 0.3) is 0 Å². The van der Waals surface area contributed by atoms with E-state index in [0.29, 0.717) is 6.42 Å². The van der Waals surface area contributed by atoms with Gasteiger partial charge in [-0.15, -0.1) is 6.58 Å². The fourth-order valence-corrected chi connectivity index (χ4v) is 2.35. The minimum Gasteiger partial charge on any atom is -0.518 e. The summed E-state index contributed by atoms with van der Waals surface area (Å²) in [5.74, 6) is -0.465. The summed E-state index contributed by atoms with van der Waals surface area (Å²) in [5.41, 5.74) is 0. The molecule has 0 aliphatic rings. The van der Waals surface area contributed by atoms with Crippen LogP contribution < -0.4 is 0 Å². The fraction of sp³-hybridized carbons (Fsp3) is 0.700. The molecule has 0 heterocycles. The van der Waals surface area contributed by atoms with Crippen LogP contribution in [-0.4, -0.2) is 18.6 Å². The molecule has 88 valence electrons. The molecule has 0 aliphatic heterocycles. The predicted molar refractivity (Wildman–Crippen MR) is 67.9 cm³/mol. The second kappa shape index (κ2) is 5.37. The Labute approximate surface area is 103 Å². The first kappa shape index (κ1) is 15.0. The summed E-state index contributed by atoms with van der Waals surface area (Å²) in [7, 11) is -1.94. The lowest BCUT2D eigenvalue weighted by atomic mass is 10.1. The van der Waals surface area contributed by atoms with Gasteiger partial charge in [0.1, 0.15) is 0 Å². The van der Waals surface area contributed by atoms with Gasteiger partial charge in [-0.05, 0) is 32.0 Å². The summed E-state index contributed by atoms with van der Waals surface area (Å²) >= 11 is 11.9. The van der Waals surface area contributed by atoms with Gasteiger partial charge in [0.25, 0.3) is 0 Å². The molecular weight excluding hydrogens is 251 g/mol. The van der Waals surface area contributed by atoms with Gasteiger partial charge in [0, 0.05) is 0 Å². The highest BCUT2D eigenvalue weighted by Crippen LogP contribution is 2.32. The lowest BCUT2D eigenvalue weighted by Crippen LogP contribution is -2.38. The number of alkyl halides is 2. The molecular formula is C10H18Cl2O2Si. The highest BCUT2D eigenvalue weighted by atomic mass is 35.5. The number of carbonyl (C=O) groups excluding carboxylic acids is 1. The molecule has 0 amide bonds. The van der Waals surface area contributed by atoms with E-state index < -0.39 is 18.6 Å². The number of halogens is 2. The molecule has 5 heteroatoms. The van der Waals surface area contributed by atoms with E-state index in [1.165, 1.54) is 0 Å².